The topological polar surface area (TPSA) is 99.0 Å². The van der Waals surface area contributed by atoms with Crippen LogP contribution in [0.2, 0.25) is 5.15 Å². The number of aromatic nitrogens is 4. The van der Waals surface area contributed by atoms with Gasteiger partial charge in [0.05, 0.1) is 12.0 Å². The normalized spacial score (nSPS) is 16.9. The molecule has 3 heterocycles. The summed E-state index contributed by atoms with van der Waals surface area (Å²) >= 11 is 6.02. The maximum Gasteiger partial charge on any atom is 0.328 e. The summed E-state index contributed by atoms with van der Waals surface area (Å²) in [5, 5.41) is 3.81. The highest BCUT2D eigenvalue weighted by Gasteiger charge is 2.49. The predicted molar refractivity (Wildman–Crippen MR) is 153 cm³/mol. The number of pyridine rings is 2. The number of fused-ring (bicyclic) bond motifs is 1. The summed E-state index contributed by atoms with van der Waals surface area (Å²) < 4.78 is 7.39. The third-order valence-electron chi connectivity index (χ3n) is 7.91. The van der Waals surface area contributed by atoms with Gasteiger partial charge >= 0.3 is 5.97 Å². The minimum absolute atomic E-state index is 0.175. The van der Waals surface area contributed by atoms with E-state index in [0.29, 0.717) is 24.0 Å². The zero-order chi connectivity index (χ0) is 27.7. The number of esters is 1. The van der Waals surface area contributed by atoms with E-state index in [1.165, 1.54) is 0 Å². The molecule has 1 N–H and O–H groups in total. The molecular weight excluding hydrogens is 526 g/mol. The summed E-state index contributed by atoms with van der Waals surface area (Å²) in [4.78, 5) is 39.2. The van der Waals surface area contributed by atoms with Gasteiger partial charge in [0.2, 0.25) is 0 Å². The molecule has 40 heavy (non-hydrogen) atoms. The van der Waals surface area contributed by atoms with E-state index in [0.717, 1.165) is 65.8 Å². The van der Waals surface area contributed by atoms with Gasteiger partial charge in [-0.25, -0.2) is 19.7 Å². The Bertz CT molecular complexity index is 1590. The fourth-order valence-electron chi connectivity index (χ4n) is 5.81. The number of nitrogens with zero attached hydrogens (tertiary/aromatic N) is 4. The smallest absolute Gasteiger partial charge is 0.328 e. The number of ether oxygens (including phenoxy) is 1. The number of carbonyl (C=O) groups is 2. The Morgan fingerprint density at radius 3 is 2.60 bits per heavy atom. The molecule has 6 rings (SSSR count). The third-order valence-corrected chi connectivity index (χ3v) is 8.13. The van der Waals surface area contributed by atoms with Crippen LogP contribution in [0.5, 0.6) is 0 Å². The molecule has 1 saturated carbocycles. The second kappa shape index (κ2) is 10.8. The maximum absolute atomic E-state index is 13.0. The minimum atomic E-state index is -0.588. The van der Waals surface area contributed by atoms with Crippen LogP contribution in [-0.2, 0) is 20.7 Å². The predicted octanol–water partition coefficient (Wildman–Crippen LogP) is 5.62. The SMILES string of the molecule is CCOC(=O)[C@H](Cc1ccc(-n2c(-c3ccc(Cl)nc3)nc3cccnc32)cc1)NC1=CC(=O)C12CCCCC2. The zero-order valence-corrected chi connectivity index (χ0v) is 23.0. The summed E-state index contributed by atoms with van der Waals surface area (Å²) in [6.07, 6.45) is 10.4. The van der Waals surface area contributed by atoms with Crippen LogP contribution in [-0.4, -0.2) is 43.9 Å². The van der Waals surface area contributed by atoms with Gasteiger partial charge in [-0.05, 0) is 61.7 Å². The van der Waals surface area contributed by atoms with E-state index in [-0.39, 0.29) is 11.8 Å². The number of halogens is 1. The van der Waals surface area contributed by atoms with Crippen LogP contribution in [0.4, 0.5) is 0 Å². The van der Waals surface area contributed by atoms with Gasteiger partial charge in [-0.3, -0.25) is 9.36 Å². The first-order valence-electron chi connectivity index (χ1n) is 13.7. The van der Waals surface area contributed by atoms with Crippen LogP contribution in [0.3, 0.4) is 0 Å². The van der Waals surface area contributed by atoms with Crippen molar-refractivity contribution in [3.63, 3.8) is 0 Å². The van der Waals surface area contributed by atoms with Gasteiger partial charge in [-0.2, -0.15) is 0 Å². The van der Waals surface area contributed by atoms with Gasteiger partial charge in [-0.15, -0.1) is 0 Å². The highest BCUT2D eigenvalue weighted by Crippen LogP contribution is 2.48. The van der Waals surface area contributed by atoms with Crippen molar-refractivity contribution in [2.45, 2.75) is 51.5 Å². The van der Waals surface area contributed by atoms with Crippen molar-refractivity contribution in [2.24, 2.45) is 5.41 Å². The Morgan fingerprint density at radius 1 is 1.10 bits per heavy atom. The Balaban J connectivity index is 1.28. The Hall–Kier alpha value is -4.04. The van der Waals surface area contributed by atoms with Crippen molar-refractivity contribution < 1.29 is 14.3 Å². The van der Waals surface area contributed by atoms with Gasteiger partial charge in [0.15, 0.2) is 11.4 Å². The van der Waals surface area contributed by atoms with E-state index in [9.17, 15) is 9.59 Å². The Morgan fingerprint density at radius 2 is 1.90 bits per heavy atom. The summed E-state index contributed by atoms with van der Waals surface area (Å²) in [5.41, 5.74) is 4.58. The van der Waals surface area contributed by atoms with Gasteiger partial charge in [-0.1, -0.05) is 43.0 Å². The molecule has 0 bridgehead atoms. The molecule has 0 unspecified atom stereocenters. The lowest BCUT2D eigenvalue weighted by molar-refractivity contribution is -0.146. The average molecular weight is 556 g/mol. The molecule has 9 heteroatoms. The van der Waals surface area contributed by atoms with E-state index in [1.54, 1.807) is 31.5 Å². The molecule has 0 aliphatic heterocycles. The zero-order valence-electron chi connectivity index (χ0n) is 22.3. The van der Waals surface area contributed by atoms with Crippen molar-refractivity contribution in [3.05, 3.63) is 83.4 Å². The van der Waals surface area contributed by atoms with Crippen LogP contribution in [0.1, 0.15) is 44.6 Å². The molecule has 3 aromatic heterocycles. The molecule has 1 aromatic carbocycles. The van der Waals surface area contributed by atoms with Crippen molar-refractivity contribution in [3.8, 4) is 17.1 Å². The lowest BCUT2D eigenvalue weighted by Crippen LogP contribution is -2.52. The van der Waals surface area contributed by atoms with Crippen molar-refractivity contribution in [1.29, 1.82) is 0 Å². The van der Waals surface area contributed by atoms with Gasteiger partial charge in [0.25, 0.3) is 0 Å². The number of carbonyl (C=O) groups excluding carboxylic acids is 2. The molecular formula is C31H30ClN5O3. The summed E-state index contributed by atoms with van der Waals surface area (Å²) in [7, 11) is 0. The van der Waals surface area contributed by atoms with Crippen LogP contribution >= 0.6 is 11.6 Å². The number of ketones is 1. The lowest BCUT2D eigenvalue weighted by atomic mass is 9.62. The molecule has 0 radical (unpaired) electrons. The summed E-state index contributed by atoms with van der Waals surface area (Å²) in [6.45, 7) is 2.10. The number of nitrogens with one attached hydrogen (secondary N) is 1. The highest BCUT2D eigenvalue weighted by atomic mass is 35.5. The first-order chi connectivity index (χ1) is 19.5. The molecule has 2 aliphatic rings. The van der Waals surface area contributed by atoms with Crippen LogP contribution < -0.4 is 5.32 Å². The van der Waals surface area contributed by atoms with Crippen LogP contribution in [0, 0.1) is 5.41 Å². The maximum atomic E-state index is 13.0. The first-order valence-corrected chi connectivity index (χ1v) is 14.1. The fourth-order valence-corrected chi connectivity index (χ4v) is 5.92. The lowest BCUT2D eigenvalue weighted by Gasteiger charge is -2.44. The number of hydrogen-bond donors (Lipinski definition) is 1. The number of allylic oxidation sites excluding steroid dienone is 2. The molecule has 204 valence electrons. The molecule has 2 aliphatic carbocycles. The van der Waals surface area contributed by atoms with Crippen LogP contribution in [0.25, 0.3) is 28.2 Å². The Labute approximate surface area is 237 Å². The standard InChI is InChI=1S/C31H30ClN5O3/c1-2-40-30(39)24(35-25-18-26(38)31(25)14-4-3-5-15-31)17-20-8-11-22(12-9-20)37-28(21-10-13-27(32)34-19-21)36-23-7-6-16-33-29(23)37/h6-13,16,18-19,24,35H,2-5,14-15,17H2,1H3/t24-/m0/s1. The summed E-state index contributed by atoms with van der Waals surface area (Å²) in [5.74, 6) is 0.561. The molecule has 0 saturated heterocycles. The largest absolute Gasteiger partial charge is 0.464 e. The number of benzene rings is 1. The second-order valence-electron chi connectivity index (χ2n) is 10.4. The second-order valence-corrected chi connectivity index (χ2v) is 10.8. The molecule has 1 spiro atoms. The monoisotopic (exact) mass is 555 g/mol. The summed E-state index contributed by atoms with van der Waals surface area (Å²) in [6, 6.07) is 14.8. The number of imidazole rings is 1. The molecule has 4 aromatic rings. The van der Waals surface area contributed by atoms with Crippen molar-refractivity contribution in [1.82, 2.24) is 24.8 Å². The number of hydrogen-bond acceptors (Lipinski definition) is 7. The molecule has 0 amide bonds. The number of rotatable bonds is 8. The highest BCUT2D eigenvalue weighted by molar-refractivity contribution is 6.29. The van der Waals surface area contributed by atoms with E-state index in [4.69, 9.17) is 21.3 Å². The van der Waals surface area contributed by atoms with E-state index < -0.39 is 11.5 Å². The fraction of sp³-hybridized carbons (Fsp3) is 0.323. The van der Waals surface area contributed by atoms with Gasteiger partial charge in [0.1, 0.15) is 22.5 Å². The van der Waals surface area contributed by atoms with Crippen molar-refractivity contribution >= 4 is 34.5 Å². The third kappa shape index (κ3) is 4.77. The molecule has 8 nitrogen and oxygen atoms in total. The van der Waals surface area contributed by atoms with Gasteiger partial charge < -0.3 is 10.1 Å². The van der Waals surface area contributed by atoms with Crippen LogP contribution in [0.15, 0.2) is 72.7 Å². The first kappa shape index (κ1) is 26.2. The quantitative estimate of drug-likeness (QED) is 0.222. The van der Waals surface area contributed by atoms with E-state index in [1.807, 2.05) is 47.0 Å². The molecule has 1 fully saturated rings. The van der Waals surface area contributed by atoms with Crippen molar-refractivity contribution in [2.75, 3.05) is 6.61 Å². The molecule has 1 atom stereocenters. The average Bonchev–Trinajstić information content (AvgIpc) is 3.37. The van der Waals surface area contributed by atoms with E-state index in [2.05, 4.69) is 15.3 Å². The Kier molecular flexibility index (Phi) is 7.11. The van der Waals surface area contributed by atoms with Gasteiger partial charge in [0, 0.05) is 41.8 Å². The van der Waals surface area contributed by atoms with E-state index >= 15 is 0 Å². The minimum Gasteiger partial charge on any atom is -0.464 e.